The maximum absolute atomic E-state index is 12.1. The maximum Gasteiger partial charge on any atom is 0.252 e. The first-order valence-electron chi connectivity index (χ1n) is 6.07. The lowest BCUT2D eigenvalue weighted by Gasteiger charge is -2.26. The molecule has 0 saturated carbocycles. The number of nitrogens with one attached hydrogen (secondary N) is 1. The molecule has 0 spiro atoms. The molecule has 1 N–H and O–H groups in total. The number of carbonyl (C=O) groups is 1. The molecule has 0 unspecified atom stereocenters. The van der Waals surface area contributed by atoms with Crippen LogP contribution in [0.1, 0.15) is 29.8 Å². The van der Waals surface area contributed by atoms with Crippen molar-refractivity contribution < 1.29 is 4.79 Å². The first kappa shape index (κ1) is 14.3. The van der Waals surface area contributed by atoms with Gasteiger partial charge in [-0.3, -0.25) is 4.79 Å². The van der Waals surface area contributed by atoms with Gasteiger partial charge in [-0.2, -0.15) is 0 Å². The lowest BCUT2D eigenvalue weighted by Crippen LogP contribution is -2.45. The van der Waals surface area contributed by atoms with Gasteiger partial charge >= 0.3 is 0 Å². The predicted molar refractivity (Wildman–Crippen MR) is 83.7 cm³/mol. The molecule has 0 aliphatic heterocycles. The van der Waals surface area contributed by atoms with E-state index in [1.54, 1.807) is 0 Å². The van der Waals surface area contributed by atoms with Crippen molar-refractivity contribution in [3.05, 3.63) is 56.7 Å². The van der Waals surface area contributed by atoms with Crippen LogP contribution in [0.5, 0.6) is 0 Å². The summed E-state index contributed by atoms with van der Waals surface area (Å²) in [4.78, 5) is 12.1. The molecule has 19 heavy (non-hydrogen) atoms. The van der Waals surface area contributed by atoms with Gasteiger partial charge in [-0.1, -0.05) is 30.3 Å². The highest BCUT2D eigenvalue weighted by molar-refractivity contribution is 9.11. The molecule has 0 saturated heterocycles. The van der Waals surface area contributed by atoms with Gasteiger partial charge in [0, 0.05) is 10.9 Å². The first-order chi connectivity index (χ1) is 8.96. The molecule has 0 radical (unpaired) electrons. The number of thiophene rings is 1. The van der Waals surface area contributed by atoms with Crippen molar-refractivity contribution >= 4 is 33.2 Å². The van der Waals surface area contributed by atoms with Crippen LogP contribution in [0, 0.1) is 0 Å². The van der Waals surface area contributed by atoms with E-state index in [-0.39, 0.29) is 11.4 Å². The van der Waals surface area contributed by atoms with E-state index in [2.05, 4.69) is 33.4 Å². The summed E-state index contributed by atoms with van der Waals surface area (Å²) in [5, 5.41) is 4.94. The van der Waals surface area contributed by atoms with Gasteiger partial charge in [0.15, 0.2) is 0 Å². The molecule has 2 rings (SSSR count). The second-order valence-electron chi connectivity index (χ2n) is 5.14. The Balaban J connectivity index is 2.03. The van der Waals surface area contributed by atoms with Gasteiger partial charge in [-0.25, -0.2) is 0 Å². The number of halogens is 1. The molecule has 4 heteroatoms. The molecular weight excluding hydrogens is 322 g/mol. The second kappa shape index (κ2) is 5.88. The van der Waals surface area contributed by atoms with E-state index in [0.717, 1.165) is 10.2 Å². The molecule has 0 bridgehead atoms. The number of carbonyl (C=O) groups excluding carboxylic acids is 1. The average Bonchev–Trinajstić information content (AvgIpc) is 2.76. The van der Waals surface area contributed by atoms with E-state index >= 15 is 0 Å². The third kappa shape index (κ3) is 4.18. The summed E-state index contributed by atoms with van der Waals surface area (Å²) in [5.74, 6) is -0.0251. The number of hydrogen-bond acceptors (Lipinski definition) is 2. The van der Waals surface area contributed by atoms with Gasteiger partial charge in [0.1, 0.15) is 0 Å². The summed E-state index contributed by atoms with van der Waals surface area (Å²) in [5.41, 5.74) is 1.66. The topological polar surface area (TPSA) is 29.1 Å². The Morgan fingerprint density at radius 2 is 2.00 bits per heavy atom. The maximum atomic E-state index is 12.1. The standard InChI is InChI=1S/C15H16BrNOS/c1-15(2,9-11-6-4-3-5-7-11)17-14(18)12-8-13(16)19-10-12/h3-8,10H,9H2,1-2H3,(H,17,18). The van der Waals surface area contributed by atoms with E-state index in [9.17, 15) is 4.79 Å². The largest absolute Gasteiger partial charge is 0.347 e. The minimum absolute atomic E-state index is 0.0251. The summed E-state index contributed by atoms with van der Waals surface area (Å²) in [6.45, 7) is 4.08. The fourth-order valence-electron chi connectivity index (χ4n) is 1.96. The fraction of sp³-hybridized carbons (Fsp3) is 0.267. The first-order valence-corrected chi connectivity index (χ1v) is 7.74. The molecule has 2 nitrogen and oxygen atoms in total. The molecule has 2 aromatic rings. The number of benzene rings is 1. The van der Waals surface area contributed by atoms with Crippen molar-refractivity contribution in [1.82, 2.24) is 5.32 Å². The van der Waals surface area contributed by atoms with E-state index in [4.69, 9.17) is 0 Å². The molecule has 1 amide bonds. The second-order valence-corrected chi connectivity index (χ2v) is 7.43. The smallest absolute Gasteiger partial charge is 0.252 e. The van der Waals surface area contributed by atoms with Gasteiger partial charge in [0.25, 0.3) is 5.91 Å². The van der Waals surface area contributed by atoms with Crippen molar-refractivity contribution in [2.75, 3.05) is 0 Å². The van der Waals surface area contributed by atoms with Crippen LogP contribution < -0.4 is 5.32 Å². The van der Waals surface area contributed by atoms with Crippen molar-refractivity contribution in [2.24, 2.45) is 0 Å². The van der Waals surface area contributed by atoms with Crippen LogP contribution >= 0.6 is 27.3 Å². The molecule has 0 aliphatic carbocycles. The van der Waals surface area contributed by atoms with Crippen LogP contribution in [0.25, 0.3) is 0 Å². The van der Waals surface area contributed by atoms with Gasteiger partial charge in [-0.05, 0) is 47.8 Å². The van der Waals surface area contributed by atoms with E-state index < -0.39 is 0 Å². The summed E-state index contributed by atoms with van der Waals surface area (Å²) >= 11 is 4.89. The highest BCUT2D eigenvalue weighted by Gasteiger charge is 2.22. The SMILES string of the molecule is CC(C)(Cc1ccccc1)NC(=O)c1csc(Br)c1. The minimum Gasteiger partial charge on any atom is -0.347 e. The summed E-state index contributed by atoms with van der Waals surface area (Å²) in [6, 6.07) is 12.0. The van der Waals surface area contributed by atoms with Crippen molar-refractivity contribution in [3.63, 3.8) is 0 Å². The van der Waals surface area contributed by atoms with Gasteiger partial charge < -0.3 is 5.32 Å². The van der Waals surface area contributed by atoms with Crippen LogP contribution in [-0.2, 0) is 6.42 Å². The summed E-state index contributed by atoms with van der Waals surface area (Å²) in [7, 11) is 0. The van der Waals surface area contributed by atoms with Crippen LogP contribution in [0.15, 0.2) is 45.6 Å². The normalized spacial score (nSPS) is 11.3. The fourth-order valence-corrected chi connectivity index (χ4v) is 3.10. The summed E-state index contributed by atoms with van der Waals surface area (Å²) < 4.78 is 0.971. The average molecular weight is 338 g/mol. The van der Waals surface area contributed by atoms with E-state index in [1.165, 1.54) is 16.9 Å². The third-order valence-corrected chi connectivity index (χ3v) is 4.27. The van der Waals surface area contributed by atoms with Crippen molar-refractivity contribution in [1.29, 1.82) is 0 Å². The quantitative estimate of drug-likeness (QED) is 0.887. The van der Waals surface area contributed by atoms with Crippen LogP contribution in [-0.4, -0.2) is 11.4 Å². The highest BCUT2D eigenvalue weighted by atomic mass is 79.9. The zero-order valence-electron chi connectivity index (χ0n) is 10.9. The van der Waals surface area contributed by atoms with Crippen molar-refractivity contribution in [3.8, 4) is 0 Å². The van der Waals surface area contributed by atoms with Crippen LogP contribution in [0.3, 0.4) is 0 Å². The zero-order valence-corrected chi connectivity index (χ0v) is 13.3. The summed E-state index contributed by atoms with van der Waals surface area (Å²) in [6.07, 6.45) is 0.810. The molecule has 0 fully saturated rings. The highest BCUT2D eigenvalue weighted by Crippen LogP contribution is 2.21. The van der Waals surface area contributed by atoms with Gasteiger partial charge in [0.2, 0.25) is 0 Å². The Bertz CT molecular complexity index is 563. The lowest BCUT2D eigenvalue weighted by atomic mass is 9.94. The Morgan fingerprint density at radius 1 is 1.32 bits per heavy atom. The number of amides is 1. The minimum atomic E-state index is -0.271. The zero-order chi connectivity index (χ0) is 13.9. The van der Waals surface area contributed by atoms with Gasteiger partial charge in [0.05, 0.1) is 9.35 Å². The molecule has 100 valence electrons. The molecule has 1 aromatic heterocycles. The molecule has 0 aliphatic rings. The molecular formula is C15H16BrNOS. The van der Waals surface area contributed by atoms with Crippen LogP contribution in [0.4, 0.5) is 0 Å². The number of rotatable bonds is 4. The Morgan fingerprint density at radius 3 is 2.58 bits per heavy atom. The third-order valence-electron chi connectivity index (χ3n) is 2.77. The number of hydrogen-bond donors (Lipinski definition) is 1. The molecule has 1 heterocycles. The Kier molecular flexibility index (Phi) is 4.42. The van der Waals surface area contributed by atoms with Gasteiger partial charge in [-0.15, -0.1) is 11.3 Å². The molecule has 0 atom stereocenters. The molecule has 1 aromatic carbocycles. The van der Waals surface area contributed by atoms with Crippen molar-refractivity contribution in [2.45, 2.75) is 25.8 Å². The Labute approximate surface area is 126 Å². The van der Waals surface area contributed by atoms with E-state index in [0.29, 0.717) is 5.56 Å². The lowest BCUT2D eigenvalue weighted by molar-refractivity contribution is 0.0913. The van der Waals surface area contributed by atoms with E-state index in [1.807, 2.05) is 43.5 Å². The van der Waals surface area contributed by atoms with Crippen LogP contribution in [0.2, 0.25) is 0 Å². The Hall–Kier alpha value is -1.13. The predicted octanol–water partition coefficient (Wildman–Crippen LogP) is 4.26. The monoisotopic (exact) mass is 337 g/mol.